The molecular formula is C12H23N3O. The molecule has 1 aliphatic heterocycles. The maximum atomic E-state index is 9.04. The number of hydrogen-bond acceptors (Lipinski definition) is 4. The lowest BCUT2D eigenvalue weighted by Crippen LogP contribution is -2.42. The fourth-order valence-electron chi connectivity index (χ4n) is 2.24. The van der Waals surface area contributed by atoms with Crippen molar-refractivity contribution in [3.05, 3.63) is 0 Å². The van der Waals surface area contributed by atoms with Crippen molar-refractivity contribution in [2.75, 3.05) is 33.4 Å². The molecule has 0 saturated carbocycles. The summed E-state index contributed by atoms with van der Waals surface area (Å²) in [6.07, 6.45) is 1.19. The Hall–Kier alpha value is -0.630. The SMILES string of the molecule is COCC1CCN(CC(C#N)NC(C)C)C1. The second-order valence-corrected chi connectivity index (χ2v) is 4.87. The third kappa shape index (κ3) is 4.48. The molecule has 4 nitrogen and oxygen atoms in total. The molecule has 92 valence electrons. The van der Waals surface area contributed by atoms with Gasteiger partial charge >= 0.3 is 0 Å². The molecule has 1 N–H and O–H groups in total. The van der Waals surface area contributed by atoms with Crippen molar-refractivity contribution < 1.29 is 4.74 Å². The maximum absolute atomic E-state index is 9.04. The third-order valence-corrected chi connectivity index (χ3v) is 2.90. The number of methoxy groups -OCH3 is 1. The summed E-state index contributed by atoms with van der Waals surface area (Å²) >= 11 is 0. The Morgan fingerprint density at radius 2 is 2.31 bits per heavy atom. The minimum atomic E-state index is -0.0544. The normalized spacial score (nSPS) is 23.6. The number of nitrogens with one attached hydrogen (secondary N) is 1. The first-order valence-electron chi connectivity index (χ1n) is 6.02. The van der Waals surface area contributed by atoms with Crippen LogP contribution in [0.3, 0.4) is 0 Å². The van der Waals surface area contributed by atoms with Crippen LogP contribution >= 0.6 is 0 Å². The van der Waals surface area contributed by atoms with E-state index >= 15 is 0 Å². The summed E-state index contributed by atoms with van der Waals surface area (Å²) in [5.74, 6) is 0.642. The van der Waals surface area contributed by atoms with E-state index in [-0.39, 0.29) is 6.04 Å². The molecule has 16 heavy (non-hydrogen) atoms. The van der Waals surface area contributed by atoms with Crippen molar-refractivity contribution in [2.24, 2.45) is 5.92 Å². The van der Waals surface area contributed by atoms with Crippen molar-refractivity contribution in [1.29, 1.82) is 5.26 Å². The van der Waals surface area contributed by atoms with E-state index in [4.69, 9.17) is 10.00 Å². The van der Waals surface area contributed by atoms with Gasteiger partial charge in [-0.3, -0.25) is 5.32 Å². The topological polar surface area (TPSA) is 48.3 Å². The third-order valence-electron chi connectivity index (χ3n) is 2.90. The van der Waals surface area contributed by atoms with Crippen LogP contribution in [0.25, 0.3) is 0 Å². The first-order valence-corrected chi connectivity index (χ1v) is 6.02. The fourth-order valence-corrected chi connectivity index (χ4v) is 2.24. The molecule has 4 heteroatoms. The van der Waals surface area contributed by atoms with Crippen LogP contribution in [0.4, 0.5) is 0 Å². The quantitative estimate of drug-likeness (QED) is 0.728. The van der Waals surface area contributed by atoms with Gasteiger partial charge in [0.1, 0.15) is 6.04 Å². The van der Waals surface area contributed by atoms with E-state index in [0.29, 0.717) is 12.0 Å². The first kappa shape index (κ1) is 13.4. The maximum Gasteiger partial charge on any atom is 0.108 e. The van der Waals surface area contributed by atoms with Gasteiger partial charge in [-0.25, -0.2) is 0 Å². The summed E-state index contributed by atoms with van der Waals surface area (Å²) in [4.78, 5) is 2.35. The highest BCUT2D eigenvalue weighted by molar-refractivity contribution is 4.94. The molecule has 0 bridgehead atoms. The predicted molar refractivity (Wildman–Crippen MR) is 64.1 cm³/mol. The van der Waals surface area contributed by atoms with Crippen LogP contribution < -0.4 is 5.32 Å². The van der Waals surface area contributed by atoms with Gasteiger partial charge in [0.2, 0.25) is 0 Å². The van der Waals surface area contributed by atoms with Gasteiger partial charge in [0.05, 0.1) is 12.7 Å². The van der Waals surface area contributed by atoms with E-state index in [1.54, 1.807) is 7.11 Å². The lowest BCUT2D eigenvalue weighted by Gasteiger charge is -2.21. The van der Waals surface area contributed by atoms with Crippen molar-refractivity contribution in [3.8, 4) is 6.07 Å². The number of nitriles is 1. The predicted octanol–water partition coefficient (Wildman–Crippen LogP) is 0.845. The van der Waals surface area contributed by atoms with Gasteiger partial charge < -0.3 is 9.64 Å². The van der Waals surface area contributed by atoms with Crippen molar-refractivity contribution >= 4 is 0 Å². The number of likely N-dealkylation sites (tertiary alicyclic amines) is 1. The van der Waals surface area contributed by atoms with Gasteiger partial charge in [-0.15, -0.1) is 0 Å². The van der Waals surface area contributed by atoms with Crippen molar-refractivity contribution in [3.63, 3.8) is 0 Å². The Morgan fingerprint density at radius 1 is 1.56 bits per heavy atom. The number of hydrogen-bond donors (Lipinski definition) is 1. The van der Waals surface area contributed by atoms with E-state index in [1.807, 2.05) is 0 Å². The van der Waals surface area contributed by atoms with E-state index in [9.17, 15) is 0 Å². The Labute approximate surface area is 98.6 Å². The van der Waals surface area contributed by atoms with E-state index in [1.165, 1.54) is 6.42 Å². The van der Waals surface area contributed by atoms with Gasteiger partial charge in [-0.05, 0) is 32.7 Å². The molecule has 1 fully saturated rings. The summed E-state index contributed by atoms with van der Waals surface area (Å²) in [6.45, 7) is 7.96. The molecule has 0 spiro atoms. The summed E-state index contributed by atoms with van der Waals surface area (Å²) in [6, 6.07) is 2.63. The van der Waals surface area contributed by atoms with Crippen LogP contribution in [0.15, 0.2) is 0 Å². The molecular weight excluding hydrogens is 202 g/mol. The highest BCUT2D eigenvalue weighted by Crippen LogP contribution is 2.16. The van der Waals surface area contributed by atoms with Crippen LogP contribution in [0.5, 0.6) is 0 Å². The zero-order valence-corrected chi connectivity index (χ0v) is 10.6. The molecule has 0 radical (unpaired) electrons. The van der Waals surface area contributed by atoms with Crippen molar-refractivity contribution in [2.45, 2.75) is 32.4 Å². The van der Waals surface area contributed by atoms with Gasteiger partial charge in [0, 0.05) is 26.2 Å². The minimum absolute atomic E-state index is 0.0544. The molecule has 2 atom stereocenters. The van der Waals surface area contributed by atoms with Crippen LogP contribution in [0.1, 0.15) is 20.3 Å². The highest BCUT2D eigenvalue weighted by Gasteiger charge is 2.24. The fraction of sp³-hybridized carbons (Fsp3) is 0.917. The zero-order chi connectivity index (χ0) is 12.0. The smallest absolute Gasteiger partial charge is 0.108 e. The largest absolute Gasteiger partial charge is 0.384 e. The molecule has 0 aromatic rings. The van der Waals surface area contributed by atoms with Gasteiger partial charge in [-0.1, -0.05) is 0 Å². The Morgan fingerprint density at radius 3 is 2.88 bits per heavy atom. The lowest BCUT2D eigenvalue weighted by molar-refractivity contribution is 0.152. The molecule has 1 rings (SSSR count). The second-order valence-electron chi connectivity index (χ2n) is 4.87. The van der Waals surface area contributed by atoms with Gasteiger partial charge in [0.15, 0.2) is 0 Å². The van der Waals surface area contributed by atoms with Crippen molar-refractivity contribution in [1.82, 2.24) is 10.2 Å². The van der Waals surface area contributed by atoms with Gasteiger partial charge in [-0.2, -0.15) is 5.26 Å². The average molecular weight is 225 g/mol. The standard InChI is InChI=1S/C12H23N3O/c1-10(2)14-12(6-13)8-15-5-4-11(7-15)9-16-3/h10-12,14H,4-5,7-9H2,1-3H3. The average Bonchev–Trinajstić information content (AvgIpc) is 2.64. The Balaban J connectivity index is 2.29. The molecule has 1 saturated heterocycles. The summed E-state index contributed by atoms with van der Waals surface area (Å²) in [5.41, 5.74) is 0. The summed E-state index contributed by atoms with van der Waals surface area (Å²) in [5, 5.41) is 12.3. The zero-order valence-electron chi connectivity index (χ0n) is 10.6. The monoisotopic (exact) mass is 225 g/mol. The lowest BCUT2D eigenvalue weighted by atomic mass is 10.1. The first-order chi connectivity index (χ1) is 7.65. The molecule has 1 aliphatic rings. The number of rotatable bonds is 6. The van der Waals surface area contributed by atoms with Crippen LogP contribution in [0, 0.1) is 17.2 Å². The molecule has 0 amide bonds. The molecule has 0 aromatic carbocycles. The van der Waals surface area contributed by atoms with Crippen LogP contribution in [-0.2, 0) is 4.74 Å². The van der Waals surface area contributed by atoms with E-state index in [0.717, 1.165) is 26.2 Å². The van der Waals surface area contributed by atoms with Gasteiger partial charge in [0.25, 0.3) is 0 Å². The second kappa shape index (κ2) is 6.85. The molecule has 1 heterocycles. The highest BCUT2D eigenvalue weighted by atomic mass is 16.5. The summed E-state index contributed by atoms with van der Waals surface area (Å²) < 4.78 is 5.16. The molecule has 0 aromatic heterocycles. The van der Waals surface area contributed by atoms with Crippen LogP contribution in [-0.4, -0.2) is 50.3 Å². The number of nitrogens with zero attached hydrogens (tertiary/aromatic N) is 2. The molecule has 0 aliphatic carbocycles. The van der Waals surface area contributed by atoms with Crippen LogP contribution in [0.2, 0.25) is 0 Å². The summed E-state index contributed by atoms with van der Waals surface area (Å²) in [7, 11) is 1.75. The molecule has 2 unspecified atom stereocenters. The Kier molecular flexibility index (Phi) is 5.75. The number of ether oxygens (including phenoxy) is 1. The Bertz CT molecular complexity index is 237. The van der Waals surface area contributed by atoms with E-state index < -0.39 is 0 Å². The minimum Gasteiger partial charge on any atom is -0.384 e. The van der Waals surface area contributed by atoms with E-state index in [2.05, 4.69) is 30.1 Å².